The van der Waals surface area contributed by atoms with Gasteiger partial charge in [0.2, 0.25) is 0 Å². The maximum atomic E-state index is 12.8. The first-order valence-electron chi connectivity index (χ1n) is 29.5. The first-order chi connectivity index (χ1) is 32.0. The summed E-state index contributed by atoms with van der Waals surface area (Å²) in [4.78, 5) is 37.9. The molecule has 6 heteroatoms. The molecule has 0 amide bonds. The Morgan fingerprint density at radius 3 is 0.615 bits per heavy atom. The Bertz CT molecular complexity index is 967. The van der Waals surface area contributed by atoms with Crippen molar-refractivity contribution in [3.63, 3.8) is 0 Å². The van der Waals surface area contributed by atoms with Gasteiger partial charge in [0, 0.05) is 19.3 Å². The summed E-state index contributed by atoms with van der Waals surface area (Å²) in [6, 6.07) is 0. The quantitative estimate of drug-likeness (QED) is 0.0344. The zero-order valence-corrected chi connectivity index (χ0v) is 44.3. The second-order valence-electron chi connectivity index (χ2n) is 20.3. The first-order valence-corrected chi connectivity index (χ1v) is 29.5. The van der Waals surface area contributed by atoms with Crippen LogP contribution in [0.25, 0.3) is 0 Å². The average molecular weight is 920 g/mol. The molecule has 0 aromatic heterocycles. The predicted molar refractivity (Wildman–Crippen MR) is 280 cm³/mol. The lowest BCUT2D eigenvalue weighted by Crippen LogP contribution is -2.30. The van der Waals surface area contributed by atoms with Gasteiger partial charge in [0.25, 0.3) is 0 Å². The molecule has 0 aromatic carbocycles. The molecular weight excluding hydrogens is 805 g/mol. The molecule has 0 saturated carbocycles. The normalized spacial score (nSPS) is 11.9. The number of ether oxygens (including phenoxy) is 3. The highest BCUT2D eigenvalue weighted by Crippen LogP contribution is 2.18. The molecule has 1 atom stereocenters. The molecule has 0 fully saturated rings. The van der Waals surface area contributed by atoms with Crippen molar-refractivity contribution in [2.45, 2.75) is 348 Å². The minimum atomic E-state index is -0.759. The van der Waals surface area contributed by atoms with Crippen LogP contribution in [0.5, 0.6) is 0 Å². The molecule has 0 rings (SSSR count). The van der Waals surface area contributed by atoms with Gasteiger partial charge < -0.3 is 14.2 Å². The van der Waals surface area contributed by atoms with Gasteiger partial charge >= 0.3 is 17.9 Å². The maximum absolute atomic E-state index is 12.8. The van der Waals surface area contributed by atoms with E-state index in [0.717, 1.165) is 57.8 Å². The van der Waals surface area contributed by atoms with E-state index in [2.05, 4.69) is 20.8 Å². The molecule has 0 aliphatic carbocycles. The van der Waals surface area contributed by atoms with E-state index < -0.39 is 6.10 Å². The standard InChI is InChI=1S/C59H114O6/c1-4-7-10-13-16-18-20-22-24-26-27-28-29-30-31-32-33-34-36-37-39-41-43-46-49-52-58(61)64-55-56(54-63-57(60)51-48-45-15-12-9-6-3)65-59(62)53-50-47-44-42-40-38-35-25-23-21-19-17-14-11-8-5-2/h56H,4-55H2,1-3H3. The van der Waals surface area contributed by atoms with Crippen LogP contribution >= 0.6 is 0 Å². The molecule has 0 heterocycles. The Balaban J connectivity index is 4.01. The van der Waals surface area contributed by atoms with Crippen LogP contribution < -0.4 is 0 Å². The van der Waals surface area contributed by atoms with Gasteiger partial charge in [-0.1, -0.05) is 303 Å². The fourth-order valence-electron chi connectivity index (χ4n) is 9.15. The van der Waals surface area contributed by atoms with Gasteiger partial charge in [-0.05, 0) is 19.3 Å². The van der Waals surface area contributed by atoms with E-state index in [1.54, 1.807) is 0 Å². The number of esters is 3. The van der Waals surface area contributed by atoms with Crippen LogP contribution in [0.1, 0.15) is 342 Å². The summed E-state index contributed by atoms with van der Waals surface area (Å²) < 4.78 is 16.8. The Kier molecular flexibility index (Phi) is 53.7. The highest BCUT2D eigenvalue weighted by Gasteiger charge is 2.19. The van der Waals surface area contributed by atoms with E-state index in [9.17, 15) is 14.4 Å². The Morgan fingerprint density at radius 2 is 0.415 bits per heavy atom. The van der Waals surface area contributed by atoms with Crippen molar-refractivity contribution < 1.29 is 28.6 Å². The summed E-state index contributed by atoms with van der Waals surface area (Å²) in [6.45, 7) is 6.65. The van der Waals surface area contributed by atoms with Gasteiger partial charge in [0.1, 0.15) is 13.2 Å². The third-order valence-corrected chi connectivity index (χ3v) is 13.6. The predicted octanol–water partition coefficient (Wildman–Crippen LogP) is 19.5. The fourth-order valence-corrected chi connectivity index (χ4v) is 9.15. The Morgan fingerprint density at radius 1 is 0.246 bits per heavy atom. The highest BCUT2D eigenvalue weighted by atomic mass is 16.6. The molecule has 0 aromatic rings. The zero-order valence-electron chi connectivity index (χ0n) is 44.3. The monoisotopic (exact) mass is 919 g/mol. The van der Waals surface area contributed by atoms with E-state index in [1.807, 2.05) is 0 Å². The summed E-state index contributed by atoms with van der Waals surface area (Å²) in [7, 11) is 0. The van der Waals surface area contributed by atoms with Crippen LogP contribution in [0.2, 0.25) is 0 Å². The lowest BCUT2D eigenvalue weighted by molar-refractivity contribution is -0.167. The molecule has 0 aliphatic heterocycles. The molecule has 386 valence electrons. The van der Waals surface area contributed by atoms with E-state index in [0.29, 0.717) is 19.3 Å². The molecule has 0 radical (unpaired) electrons. The molecule has 0 N–H and O–H groups in total. The topological polar surface area (TPSA) is 78.9 Å². The lowest BCUT2D eigenvalue weighted by Gasteiger charge is -2.18. The van der Waals surface area contributed by atoms with Crippen molar-refractivity contribution in [3.05, 3.63) is 0 Å². The number of rotatable bonds is 55. The molecule has 65 heavy (non-hydrogen) atoms. The van der Waals surface area contributed by atoms with Crippen molar-refractivity contribution in [3.8, 4) is 0 Å². The number of unbranched alkanes of at least 4 members (excludes halogenated alkanes) is 44. The lowest BCUT2D eigenvalue weighted by atomic mass is 10.0. The maximum Gasteiger partial charge on any atom is 0.306 e. The van der Waals surface area contributed by atoms with Crippen LogP contribution in [-0.4, -0.2) is 37.2 Å². The molecule has 0 aliphatic rings. The van der Waals surface area contributed by atoms with Crippen molar-refractivity contribution >= 4 is 17.9 Å². The number of carbonyl (C=O) groups is 3. The van der Waals surface area contributed by atoms with Crippen molar-refractivity contribution in [1.29, 1.82) is 0 Å². The third-order valence-electron chi connectivity index (χ3n) is 13.6. The summed E-state index contributed by atoms with van der Waals surface area (Å²) in [5, 5.41) is 0. The fraction of sp³-hybridized carbons (Fsp3) is 0.949. The number of carbonyl (C=O) groups excluding carboxylic acids is 3. The van der Waals surface area contributed by atoms with E-state index in [1.165, 1.54) is 244 Å². The summed E-state index contributed by atoms with van der Waals surface area (Å²) in [6.07, 6.45) is 61.4. The summed E-state index contributed by atoms with van der Waals surface area (Å²) in [5.74, 6) is -0.846. The smallest absolute Gasteiger partial charge is 0.306 e. The summed E-state index contributed by atoms with van der Waals surface area (Å²) >= 11 is 0. The van der Waals surface area contributed by atoms with E-state index >= 15 is 0 Å². The van der Waals surface area contributed by atoms with Crippen LogP contribution in [0.4, 0.5) is 0 Å². The van der Waals surface area contributed by atoms with Crippen LogP contribution in [0.15, 0.2) is 0 Å². The Labute approximate surface area is 406 Å². The van der Waals surface area contributed by atoms with Gasteiger partial charge in [-0.15, -0.1) is 0 Å². The van der Waals surface area contributed by atoms with Gasteiger partial charge in [0.05, 0.1) is 0 Å². The molecule has 0 bridgehead atoms. The molecule has 6 nitrogen and oxygen atoms in total. The molecule has 0 saturated heterocycles. The van der Waals surface area contributed by atoms with Crippen molar-refractivity contribution in [1.82, 2.24) is 0 Å². The van der Waals surface area contributed by atoms with Gasteiger partial charge in [0.15, 0.2) is 6.10 Å². The Hall–Kier alpha value is -1.59. The van der Waals surface area contributed by atoms with Gasteiger partial charge in [-0.25, -0.2) is 0 Å². The van der Waals surface area contributed by atoms with Gasteiger partial charge in [-0.2, -0.15) is 0 Å². The van der Waals surface area contributed by atoms with Crippen LogP contribution in [0, 0.1) is 0 Å². The van der Waals surface area contributed by atoms with Crippen LogP contribution in [0.3, 0.4) is 0 Å². The SMILES string of the molecule is CCCCCCCCCCCCCCCCCCCCCCCCCCCC(=O)OCC(COC(=O)CCCCCCCC)OC(=O)CCCCCCCCCCCCCCCCCC. The van der Waals surface area contributed by atoms with Crippen LogP contribution in [-0.2, 0) is 28.6 Å². The first kappa shape index (κ1) is 63.4. The summed E-state index contributed by atoms with van der Waals surface area (Å²) in [5.41, 5.74) is 0. The van der Waals surface area contributed by atoms with Gasteiger partial charge in [-0.3, -0.25) is 14.4 Å². The minimum absolute atomic E-state index is 0.0622. The molecular formula is C59H114O6. The minimum Gasteiger partial charge on any atom is -0.462 e. The third kappa shape index (κ3) is 53.2. The average Bonchev–Trinajstić information content (AvgIpc) is 3.30. The second-order valence-corrected chi connectivity index (χ2v) is 20.3. The van der Waals surface area contributed by atoms with Crippen molar-refractivity contribution in [2.75, 3.05) is 13.2 Å². The molecule has 0 spiro atoms. The largest absolute Gasteiger partial charge is 0.462 e. The van der Waals surface area contributed by atoms with E-state index in [-0.39, 0.29) is 31.1 Å². The van der Waals surface area contributed by atoms with E-state index in [4.69, 9.17) is 14.2 Å². The van der Waals surface area contributed by atoms with Crippen molar-refractivity contribution in [2.24, 2.45) is 0 Å². The second kappa shape index (κ2) is 55.0. The molecule has 1 unspecified atom stereocenters. The zero-order chi connectivity index (χ0) is 47.2. The number of hydrogen-bond donors (Lipinski definition) is 0. The number of hydrogen-bond acceptors (Lipinski definition) is 6. The highest BCUT2D eigenvalue weighted by molar-refractivity contribution is 5.71.